The summed E-state index contributed by atoms with van der Waals surface area (Å²) < 4.78 is 11.8. The molecule has 19 heavy (non-hydrogen) atoms. The average molecular weight is 282 g/mol. The summed E-state index contributed by atoms with van der Waals surface area (Å²) in [7, 11) is 1.57. The number of benzene rings is 1. The molecule has 4 nitrogen and oxygen atoms in total. The lowest BCUT2D eigenvalue weighted by Crippen LogP contribution is -2.27. The standard InChI is InChI=1S/C14H16ClNO3/c1-14(2,3)19-13(17)16-11-8-10(18-4)6-5-9(11)7-12(16)15/h5-8H,1-4H3. The van der Waals surface area contributed by atoms with Crippen molar-refractivity contribution in [2.45, 2.75) is 26.4 Å². The predicted molar refractivity (Wildman–Crippen MR) is 75.1 cm³/mol. The molecule has 0 bridgehead atoms. The normalized spacial score (nSPS) is 11.6. The molecule has 0 radical (unpaired) electrons. The van der Waals surface area contributed by atoms with E-state index in [1.807, 2.05) is 32.9 Å². The molecule has 2 rings (SSSR count). The highest BCUT2D eigenvalue weighted by Gasteiger charge is 2.21. The van der Waals surface area contributed by atoms with Crippen molar-refractivity contribution < 1.29 is 14.3 Å². The molecule has 0 saturated carbocycles. The SMILES string of the molecule is COc1ccc2cc(Cl)n(C(=O)OC(C)(C)C)c2c1. The van der Waals surface area contributed by atoms with Crippen LogP contribution in [0.5, 0.6) is 5.75 Å². The summed E-state index contributed by atoms with van der Waals surface area (Å²) in [4.78, 5) is 12.2. The molecule has 2 aromatic rings. The van der Waals surface area contributed by atoms with Gasteiger partial charge in [0.25, 0.3) is 0 Å². The molecule has 5 heteroatoms. The van der Waals surface area contributed by atoms with Crippen LogP contribution in [0.1, 0.15) is 20.8 Å². The fraction of sp³-hybridized carbons (Fsp3) is 0.357. The molecule has 0 unspecified atom stereocenters. The quantitative estimate of drug-likeness (QED) is 0.790. The first-order chi connectivity index (χ1) is 8.81. The van der Waals surface area contributed by atoms with Gasteiger partial charge in [0.15, 0.2) is 0 Å². The van der Waals surface area contributed by atoms with E-state index in [2.05, 4.69) is 0 Å². The van der Waals surface area contributed by atoms with E-state index in [4.69, 9.17) is 21.1 Å². The van der Waals surface area contributed by atoms with Gasteiger partial charge in [0.1, 0.15) is 16.5 Å². The van der Waals surface area contributed by atoms with Gasteiger partial charge in [0.05, 0.1) is 12.6 Å². The molecule has 0 aliphatic heterocycles. The number of carbonyl (C=O) groups is 1. The molecule has 1 aromatic carbocycles. The summed E-state index contributed by atoms with van der Waals surface area (Å²) in [5.41, 5.74) is 0.0918. The number of nitrogens with zero attached hydrogens (tertiary/aromatic N) is 1. The van der Waals surface area contributed by atoms with Crippen LogP contribution in [0.2, 0.25) is 5.15 Å². The third kappa shape index (κ3) is 2.84. The Morgan fingerprint density at radius 2 is 1.95 bits per heavy atom. The third-order valence-electron chi connectivity index (χ3n) is 2.54. The highest BCUT2D eigenvalue weighted by Crippen LogP contribution is 2.28. The summed E-state index contributed by atoms with van der Waals surface area (Å²) >= 11 is 6.11. The van der Waals surface area contributed by atoms with Crippen molar-refractivity contribution in [3.05, 3.63) is 29.4 Å². The smallest absolute Gasteiger partial charge is 0.420 e. The number of hydrogen-bond donors (Lipinski definition) is 0. The zero-order valence-corrected chi connectivity index (χ0v) is 12.1. The zero-order chi connectivity index (χ0) is 14.2. The van der Waals surface area contributed by atoms with E-state index in [1.165, 1.54) is 4.57 Å². The van der Waals surface area contributed by atoms with Crippen LogP contribution in [0.15, 0.2) is 24.3 Å². The van der Waals surface area contributed by atoms with E-state index < -0.39 is 11.7 Å². The minimum atomic E-state index is -0.574. The van der Waals surface area contributed by atoms with Crippen molar-refractivity contribution in [2.24, 2.45) is 0 Å². The van der Waals surface area contributed by atoms with Gasteiger partial charge >= 0.3 is 6.09 Å². The first-order valence-corrected chi connectivity index (χ1v) is 6.28. The molecule has 0 aliphatic rings. The van der Waals surface area contributed by atoms with Gasteiger partial charge in [-0.25, -0.2) is 9.36 Å². The molecule has 0 N–H and O–H groups in total. The van der Waals surface area contributed by atoms with E-state index >= 15 is 0 Å². The second-order valence-electron chi connectivity index (χ2n) is 5.21. The Kier molecular flexibility index (Phi) is 3.45. The first-order valence-electron chi connectivity index (χ1n) is 5.90. The van der Waals surface area contributed by atoms with Gasteiger partial charge in [-0.2, -0.15) is 0 Å². The molecule has 0 aliphatic carbocycles. The Hall–Kier alpha value is -1.68. The Labute approximate surface area is 116 Å². The fourth-order valence-electron chi connectivity index (χ4n) is 1.77. The van der Waals surface area contributed by atoms with Crippen LogP contribution in [0.25, 0.3) is 10.9 Å². The molecule has 0 saturated heterocycles. The van der Waals surface area contributed by atoms with Gasteiger partial charge in [0, 0.05) is 11.5 Å². The Morgan fingerprint density at radius 1 is 1.26 bits per heavy atom. The van der Waals surface area contributed by atoms with Crippen LogP contribution in [0, 0.1) is 0 Å². The topological polar surface area (TPSA) is 40.5 Å². The number of ether oxygens (including phenoxy) is 2. The Balaban J connectivity index is 2.52. The van der Waals surface area contributed by atoms with E-state index in [-0.39, 0.29) is 0 Å². The van der Waals surface area contributed by atoms with Gasteiger partial charge in [-0.3, -0.25) is 0 Å². The summed E-state index contributed by atoms with van der Waals surface area (Å²) in [6.45, 7) is 5.43. The van der Waals surface area contributed by atoms with Crippen LogP contribution >= 0.6 is 11.6 Å². The van der Waals surface area contributed by atoms with Crippen LogP contribution in [-0.2, 0) is 4.74 Å². The van der Waals surface area contributed by atoms with Gasteiger partial charge in [-0.1, -0.05) is 11.6 Å². The van der Waals surface area contributed by atoms with Gasteiger partial charge in [-0.15, -0.1) is 0 Å². The number of halogens is 1. The number of carbonyl (C=O) groups excluding carboxylic acids is 1. The molecular formula is C14H16ClNO3. The van der Waals surface area contributed by atoms with Gasteiger partial charge in [0.2, 0.25) is 0 Å². The maximum Gasteiger partial charge on any atom is 0.420 e. The first kappa shape index (κ1) is 13.7. The highest BCUT2D eigenvalue weighted by atomic mass is 35.5. The van der Waals surface area contributed by atoms with Crippen molar-refractivity contribution in [3.8, 4) is 5.75 Å². The molecule has 0 amide bonds. The van der Waals surface area contributed by atoms with Crippen LogP contribution in [0.3, 0.4) is 0 Å². The van der Waals surface area contributed by atoms with E-state index in [0.717, 1.165) is 5.39 Å². The van der Waals surface area contributed by atoms with Crippen molar-refractivity contribution in [1.29, 1.82) is 0 Å². The second-order valence-corrected chi connectivity index (χ2v) is 5.59. The van der Waals surface area contributed by atoms with E-state index in [9.17, 15) is 4.79 Å². The number of aromatic nitrogens is 1. The molecule has 102 valence electrons. The largest absolute Gasteiger partial charge is 0.497 e. The minimum absolute atomic E-state index is 0.317. The number of methoxy groups -OCH3 is 1. The lowest BCUT2D eigenvalue weighted by Gasteiger charge is -2.20. The summed E-state index contributed by atoms with van der Waals surface area (Å²) in [5, 5.41) is 1.18. The number of hydrogen-bond acceptors (Lipinski definition) is 3. The lowest BCUT2D eigenvalue weighted by molar-refractivity contribution is 0.0545. The van der Waals surface area contributed by atoms with Crippen LogP contribution < -0.4 is 4.74 Å². The van der Waals surface area contributed by atoms with Crippen molar-refractivity contribution in [3.63, 3.8) is 0 Å². The maximum atomic E-state index is 12.2. The Morgan fingerprint density at radius 3 is 2.53 bits per heavy atom. The van der Waals surface area contributed by atoms with Crippen molar-refractivity contribution in [1.82, 2.24) is 4.57 Å². The van der Waals surface area contributed by atoms with Crippen LogP contribution in [0.4, 0.5) is 4.79 Å². The predicted octanol–water partition coefficient (Wildman–Crippen LogP) is 4.09. The lowest BCUT2D eigenvalue weighted by atomic mass is 10.2. The fourth-order valence-corrected chi connectivity index (χ4v) is 2.04. The van der Waals surface area contributed by atoms with Gasteiger partial charge in [-0.05, 0) is 39.0 Å². The molecular weight excluding hydrogens is 266 g/mol. The third-order valence-corrected chi connectivity index (χ3v) is 2.82. The van der Waals surface area contributed by atoms with Crippen molar-refractivity contribution in [2.75, 3.05) is 7.11 Å². The average Bonchev–Trinajstić information content (AvgIpc) is 2.61. The molecule has 0 spiro atoms. The summed E-state index contributed by atoms with van der Waals surface area (Å²) in [6, 6.07) is 7.14. The summed E-state index contributed by atoms with van der Waals surface area (Å²) in [5.74, 6) is 0.659. The Bertz CT molecular complexity index is 625. The van der Waals surface area contributed by atoms with E-state index in [1.54, 1.807) is 19.2 Å². The second kappa shape index (κ2) is 4.78. The molecule has 0 atom stereocenters. The highest BCUT2D eigenvalue weighted by molar-refractivity contribution is 6.32. The number of fused-ring (bicyclic) bond motifs is 1. The molecule has 0 fully saturated rings. The monoisotopic (exact) mass is 281 g/mol. The van der Waals surface area contributed by atoms with Crippen LogP contribution in [-0.4, -0.2) is 23.4 Å². The zero-order valence-electron chi connectivity index (χ0n) is 11.4. The van der Waals surface area contributed by atoms with Crippen molar-refractivity contribution >= 4 is 28.6 Å². The maximum absolute atomic E-state index is 12.2. The summed E-state index contributed by atoms with van der Waals surface area (Å²) in [6.07, 6.45) is -0.499. The molecule has 1 heterocycles. The van der Waals surface area contributed by atoms with Gasteiger partial charge < -0.3 is 9.47 Å². The minimum Gasteiger partial charge on any atom is -0.497 e. The number of rotatable bonds is 1. The van der Waals surface area contributed by atoms with E-state index in [0.29, 0.717) is 16.4 Å². The molecule has 1 aromatic heterocycles.